The third-order valence-corrected chi connectivity index (χ3v) is 12.3. The van der Waals surface area contributed by atoms with E-state index >= 15 is 0 Å². The highest BCUT2D eigenvalue weighted by Gasteiger charge is 2.58. The molecule has 16 atom stereocenters. The van der Waals surface area contributed by atoms with Crippen molar-refractivity contribution in [1.29, 1.82) is 0 Å². The molecule has 44 heavy (non-hydrogen) atoms. The number of allylic oxidation sites excluding steroid dienone is 3. The predicted octanol–water partition coefficient (Wildman–Crippen LogP) is 1.11. The molecule has 4 aliphatic carbocycles. The molecule has 0 radical (unpaired) electrons. The van der Waals surface area contributed by atoms with Gasteiger partial charge in [-0.05, 0) is 93.0 Å². The van der Waals surface area contributed by atoms with Crippen molar-refractivity contribution in [3.05, 3.63) is 23.3 Å². The maximum absolute atomic E-state index is 12.4. The molecule has 2 saturated heterocycles. The molecule has 0 unspecified atom stereocenters. The molecule has 0 spiro atoms. The zero-order valence-corrected chi connectivity index (χ0v) is 26.1. The van der Waals surface area contributed by atoms with Crippen LogP contribution in [0.3, 0.4) is 0 Å². The van der Waals surface area contributed by atoms with Gasteiger partial charge in [-0.15, -0.1) is 0 Å². The van der Waals surface area contributed by atoms with Crippen molar-refractivity contribution in [3.63, 3.8) is 0 Å². The Bertz CT molecular complexity index is 1160. The Morgan fingerprint density at radius 3 is 2.30 bits per heavy atom. The molecule has 6 aliphatic rings. The Morgan fingerprint density at radius 2 is 1.59 bits per heavy atom. The Balaban J connectivity index is 1.17. The van der Waals surface area contributed by atoms with Crippen molar-refractivity contribution < 1.29 is 54.4 Å². The summed E-state index contributed by atoms with van der Waals surface area (Å²) >= 11 is 0. The molecule has 0 amide bonds. The zero-order chi connectivity index (χ0) is 31.7. The molecule has 248 valence electrons. The molecule has 0 aromatic heterocycles. The lowest BCUT2D eigenvalue weighted by Crippen LogP contribution is -2.64. The minimum atomic E-state index is -1.61. The first kappa shape index (κ1) is 32.7. The number of carbonyl (C=O) groups excluding carboxylic acids is 1. The molecule has 6 N–H and O–H groups in total. The number of aliphatic hydroxyl groups excluding tert-OH is 6. The Morgan fingerprint density at radius 1 is 0.864 bits per heavy atom. The summed E-state index contributed by atoms with van der Waals surface area (Å²) in [7, 11) is 0. The highest BCUT2D eigenvalue weighted by molar-refractivity contribution is 5.95. The number of hydrogen-bond donors (Lipinski definition) is 6. The van der Waals surface area contributed by atoms with Crippen molar-refractivity contribution in [1.82, 2.24) is 0 Å². The number of ether oxygens (including phenoxy) is 4. The standard InChI is InChI=1S/C33H50O11/c1-15(35)20-7-8-21-19-6-5-17-13-18(9-11-32(17,3)22(19)10-12-33(20,21)4)42-31-29(27(39)25(37)23(14-34)43-31)44-30-28(40)26(38)24(36)16(2)41-30/h5,7,16,18-19,21-31,34,36-40H,6,8-14H2,1-4H3/t16-,18-,19-,21-,22-,23+,24-,25+,26+,27-,28+,29+,30-,31+,32-,33+/m0/s1. The van der Waals surface area contributed by atoms with Crippen molar-refractivity contribution in [2.45, 2.75) is 140 Å². The third kappa shape index (κ3) is 5.25. The minimum absolute atomic E-state index is 0.0168. The monoisotopic (exact) mass is 622 g/mol. The van der Waals surface area contributed by atoms with Gasteiger partial charge in [0.25, 0.3) is 0 Å². The van der Waals surface area contributed by atoms with E-state index in [-0.39, 0.29) is 22.7 Å². The molecular formula is C33H50O11. The van der Waals surface area contributed by atoms with Crippen LogP contribution in [-0.4, -0.2) is 111 Å². The van der Waals surface area contributed by atoms with Gasteiger partial charge < -0.3 is 49.6 Å². The van der Waals surface area contributed by atoms with Crippen LogP contribution in [0.1, 0.15) is 72.6 Å². The van der Waals surface area contributed by atoms with Gasteiger partial charge >= 0.3 is 0 Å². The van der Waals surface area contributed by atoms with E-state index < -0.39 is 68.0 Å². The lowest BCUT2D eigenvalue weighted by atomic mass is 9.47. The second kappa shape index (κ2) is 12.1. The van der Waals surface area contributed by atoms with Crippen LogP contribution in [0.25, 0.3) is 0 Å². The van der Waals surface area contributed by atoms with Crippen LogP contribution in [0.2, 0.25) is 0 Å². The van der Waals surface area contributed by atoms with E-state index in [1.165, 1.54) is 12.5 Å². The maximum atomic E-state index is 12.4. The molecule has 2 heterocycles. The number of ketones is 1. The SMILES string of the molecule is CC(=O)C1=CC[C@H]2[C@@H]3CC=C4C[C@@H](O[C@@H]5O[C@H](CO)[C@@H](O)[C@H](O)[C@H]5O[C@@H]5O[C@@H](C)[C@H](O)[C@@H](O)[C@H]5O)CC[C@]4(C)[C@H]3CC[C@]12C. The van der Waals surface area contributed by atoms with E-state index in [9.17, 15) is 35.4 Å². The summed E-state index contributed by atoms with van der Waals surface area (Å²) in [5, 5.41) is 62.3. The average Bonchev–Trinajstić information content (AvgIpc) is 3.36. The van der Waals surface area contributed by atoms with E-state index in [1.807, 2.05) is 0 Å². The van der Waals surface area contributed by atoms with Crippen molar-refractivity contribution in [2.24, 2.45) is 28.6 Å². The summed E-state index contributed by atoms with van der Waals surface area (Å²) in [6.45, 7) is 7.33. The maximum Gasteiger partial charge on any atom is 0.187 e. The number of aliphatic hydroxyl groups is 6. The van der Waals surface area contributed by atoms with E-state index in [0.29, 0.717) is 24.2 Å². The van der Waals surface area contributed by atoms with Crippen LogP contribution >= 0.6 is 0 Å². The second-order valence-electron chi connectivity index (χ2n) is 14.6. The van der Waals surface area contributed by atoms with Gasteiger partial charge in [0.1, 0.15) is 42.7 Å². The first-order valence-corrected chi connectivity index (χ1v) is 16.3. The molecular weight excluding hydrogens is 572 g/mol. The highest BCUT2D eigenvalue weighted by Crippen LogP contribution is 2.65. The van der Waals surface area contributed by atoms with Crippen LogP contribution in [0.5, 0.6) is 0 Å². The van der Waals surface area contributed by atoms with Crippen LogP contribution in [0.15, 0.2) is 23.3 Å². The number of fused-ring (bicyclic) bond motifs is 5. The summed E-state index contributed by atoms with van der Waals surface area (Å²) in [4.78, 5) is 12.4. The number of Topliss-reactive ketones (excluding diaryl/α,β-unsaturated/α-hetero) is 1. The van der Waals surface area contributed by atoms with Gasteiger partial charge in [0.15, 0.2) is 18.4 Å². The molecule has 4 fully saturated rings. The molecule has 2 aliphatic heterocycles. The fourth-order valence-corrected chi connectivity index (χ4v) is 9.64. The Labute approximate surface area is 258 Å². The number of rotatable bonds is 6. The summed E-state index contributed by atoms with van der Waals surface area (Å²) < 4.78 is 23.8. The summed E-state index contributed by atoms with van der Waals surface area (Å²) in [6.07, 6.45) is -2.79. The smallest absolute Gasteiger partial charge is 0.187 e. The van der Waals surface area contributed by atoms with E-state index in [0.717, 1.165) is 44.1 Å². The van der Waals surface area contributed by atoms with Crippen molar-refractivity contribution in [2.75, 3.05) is 6.61 Å². The predicted molar refractivity (Wildman–Crippen MR) is 156 cm³/mol. The molecule has 0 bridgehead atoms. The lowest BCUT2D eigenvalue weighted by molar-refractivity contribution is -0.369. The highest BCUT2D eigenvalue weighted by atomic mass is 16.8. The van der Waals surface area contributed by atoms with Gasteiger partial charge in [0.05, 0.1) is 18.8 Å². The first-order valence-electron chi connectivity index (χ1n) is 16.3. The fraction of sp³-hybridized carbons (Fsp3) is 0.848. The van der Waals surface area contributed by atoms with Gasteiger partial charge in [-0.1, -0.05) is 31.6 Å². The molecule has 0 aromatic carbocycles. The van der Waals surface area contributed by atoms with Crippen LogP contribution in [-0.2, 0) is 23.7 Å². The Kier molecular flexibility index (Phi) is 8.97. The topological polar surface area (TPSA) is 175 Å². The van der Waals surface area contributed by atoms with Crippen LogP contribution in [0.4, 0.5) is 0 Å². The van der Waals surface area contributed by atoms with E-state index in [2.05, 4.69) is 26.0 Å². The minimum Gasteiger partial charge on any atom is -0.394 e. The van der Waals surface area contributed by atoms with Crippen LogP contribution in [0, 0.1) is 28.6 Å². The fourth-order valence-electron chi connectivity index (χ4n) is 9.64. The van der Waals surface area contributed by atoms with Crippen LogP contribution < -0.4 is 0 Å². The van der Waals surface area contributed by atoms with Crippen molar-refractivity contribution >= 4 is 5.78 Å². The largest absolute Gasteiger partial charge is 0.394 e. The van der Waals surface area contributed by atoms with Gasteiger partial charge in [-0.2, -0.15) is 0 Å². The van der Waals surface area contributed by atoms with Gasteiger partial charge in [-0.3, -0.25) is 4.79 Å². The number of hydrogen-bond acceptors (Lipinski definition) is 11. The lowest BCUT2D eigenvalue weighted by Gasteiger charge is -2.58. The molecule has 11 heteroatoms. The first-order chi connectivity index (χ1) is 20.8. The molecule has 2 saturated carbocycles. The molecule has 11 nitrogen and oxygen atoms in total. The van der Waals surface area contributed by atoms with E-state index in [4.69, 9.17) is 18.9 Å². The third-order valence-electron chi connectivity index (χ3n) is 12.3. The summed E-state index contributed by atoms with van der Waals surface area (Å²) in [5.74, 6) is 1.71. The second-order valence-corrected chi connectivity index (χ2v) is 14.6. The normalized spacial score (nSPS) is 52.3. The molecule has 0 aromatic rings. The number of carbonyl (C=O) groups is 1. The van der Waals surface area contributed by atoms with Gasteiger partial charge in [-0.25, -0.2) is 0 Å². The average molecular weight is 623 g/mol. The van der Waals surface area contributed by atoms with E-state index in [1.54, 1.807) is 6.92 Å². The molecule has 6 rings (SSSR count). The summed E-state index contributed by atoms with van der Waals surface area (Å²) in [6, 6.07) is 0. The van der Waals surface area contributed by atoms with Gasteiger partial charge in [0, 0.05) is 0 Å². The Hall–Kier alpha value is -1.25. The van der Waals surface area contributed by atoms with Crippen molar-refractivity contribution in [3.8, 4) is 0 Å². The zero-order valence-electron chi connectivity index (χ0n) is 26.1. The van der Waals surface area contributed by atoms with Gasteiger partial charge in [0.2, 0.25) is 0 Å². The quantitative estimate of drug-likeness (QED) is 0.234. The summed E-state index contributed by atoms with van der Waals surface area (Å²) in [5.41, 5.74) is 2.34.